The van der Waals surface area contributed by atoms with Gasteiger partial charge in [0.25, 0.3) is 0 Å². The summed E-state index contributed by atoms with van der Waals surface area (Å²) in [7, 11) is 0. The number of nitrogens with two attached hydrogens (primary N) is 1. The monoisotopic (exact) mass is 275 g/mol. The Morgan fingerprint density at radius 1 is 1.30 bits per heavy atom. The van der Waals surface area contributed by atoms with E-state index in [2.05, 4.69) is 13.8 Å². The first-order valence-corrected chi connectivity index (χ1v) is 7.56. The van der Waals surface area contributed by atoms with E-state index in [1.165, 1.54) is 0 Å². The zero-order valence-electron chi connectivity index (χ0n) is 12.7. The number of rotatable bonds is 6. The summed E-state index contributed by atoms with van der Waals surface area (Å²) in [5.41, 5.74) is 6.76. The highest BCUT2D eigenvalue weighted by Crippen LogP contribution is 2.60. The molecule has 1 aromatic rings. The summed E-state index contributed by atoms with van der Waals surface area (Å²) in [4.78, 5) is 12.5. The summed E-state index contributed by atoms with van der Waals surface area (Å²) in [6.07, 6.45) is 2.55. The lowest BCUT2D eigenvalue weighted by Gasteiger charge is -2.30. The van der Waals surface area contributed by atoms with Crippen LogP contribution in [0.25, 0.3) is 0 Å². The quantitative estimate of drug-likeness (QED) is 0.812. The van der Waals surface area contributed by atoms with E-state index in [0.717, 1.165) is 24.8 Å². The molecule has 0 radical (unpaired) electrons. The van der Waals surface area contributed by atoms with Crippen molar-refractivity contribution in [2.75, 3.05) is 6.61 Å². The van der Waals surface area contributed by atoms with Crippen molar-refractivity contribution in [1.82, 2.24) is 0 Å². The number of benzene rings is 1. The maximum Gasteiger partial charge on any atom is 0.316 e. The molecule has 2 N–H and O–H groups in total. The molecule has 3 nitrogen and oxygen atoms in total. The molecule has 3 heteroatoms. The van der Waals surface area contributed by atoms with Crippen LogP contribution in [0.5, 0.6) is 0 Å². The molecule has 0 amide bonds. The Labute approximate surface area is 121 Å². The topological polar surface area (TPSA) is 52.3 Å². The number of esters is 1. The Balaban J connectivity index is 2.38. The van der Waals surface area contributed by atoms with Crippen LogP contribution < -0.4 is 5.73 Å². The Morgan fingerprint density at radius 3 is 2.40 bits per heavy atom. The molecule has 0 aromatic heterocycles. The highest BCUT2D eigenvalue weighted by molar-refractivity contribution is 5.88. The van der Waals surface area contributed by atoms with Crippen LogP contribution in [0, 0.1) is 5.92 Å². The summed E-state index contributed by atoms with van der Waals surface area (Å²) >= 11 is 0. The Hall–Kier alpha value is -1.35. The van der Waals surface area contributed by atoms with E-state index < -0.39 is 5.41 Å². The second-order valence-corrected chi connectivity index (χ2v) is 5.75. The summed E-state index contributed by atoms with van der Waals surface area (Å²) < 4.78 is 5.34. The fourth-order valence-corrected chi connectivity index (χ4v) is 3.36. The third-order valence-electron chi connectivity index (χ3n) is 4.90. The van der Waals surface area contributed by atoms with Crippen molar-refractivity contribution in [2.24, 2.45) is 11.7 Å². The molecule has 0 aliphatic heterocycles. The average molecular weight is 275 g/mol. The van der Waals surface area contributed by atoms with Crippen molar-refractivity contribution >= 4 is 5.97 Å². The highest BCUT2D eigenvalue weighted by atomic mass is 16.5. The molecule has 20 heavy (non-hydrogen) atoms. The molecule has 0 spiro atoms. The van der Waals surface area contributed by atoms with Gasteiger partial charge in [0.2, 0.25) is 0 Å². The first kappa shape index (κ1) is 15.0. The Bertz CT molecular complexity index is 467. The molecular formula is C17H25NO2. The summed E-state index contributed by atoms with van der Waals surface area (Å²) in [5.74, 6) is 0.0550. The number of hydrogen-bond donors (Lipinski definition) is 1. The third-order valence-corrected chi connectivity index (χ3v) is 4.90. The standard InChI is InChI=1S/C17H25NO2/c1-4-16(18,5-2)14-12-17(14,15(19)20-6-3)13-10-8-7-9-11-13/h7-11,14H,4-6,12,18H2,1-3H3. The molecule has 0 saturated heterocycles. The molecule has 2 atom stereocenters. The summed E-state index contributed by atoms with van der Waals surface area (Å²) in [6, 6.07) is 9.95. The fourth-order valence-electron chi connectivity index (χ4n) is 3.36. The predicted molar refractivity (Wildman–Crippen MR) is 80.4 cm³/mol. The lowest BCUT2D eigenvalue weighted by molar-refractivity contribution is -0.147. The van der Waals surface area contributed by atoms with E-state index in [0.29, 0.717) is 6.61 Å². The minimum atomic E-state index is -0.530. The van der Waals surface area contributed by atoms with E-state index in [1.54, 1.807) is 0 Å². The second kappa shape index (κ2) is 5.57. The zero-order chi connectivity index (χ0) is 14.8. The largest absolute Gasteiger partial charge is 0.465 e. The molecular weight excluding hydrogens is 250 g/mol. The highest BCUT2D eigenvalue weighted by Gasteiger charge is 2.67. The zero-order valence-corrected chi connectivity index (χ0v) is 12.7. The lowest BCUT2D eigenvalue weighted by Crippen LogP contribution is -2.45. The van der Waals surface area contributed by atoms with Gasteiger partial charge in [-0.05, 0) is 37.7 Å². The minimum absolute atomic E-state index is 0.118. The van der Waals surface area contributed by atoms with Crippen LogP contribution in [0.4, 0.5) is 0 Å². The Morgan fingerprint density at radius 2 is 1.90 bits per heavy atom. The van der Waals surface area contributed by atoms with Crippen LogP contribution in [-0.4, -0.2) is 18.1 Å². The van der Waals surface area contributed by atoms with Gasteiger partial charge in [-0.2, -0.15) is 0 Å². The van der Waals surface area contributed by atoms with E-state index >= 15 is 0 Å². The van der Waals surface area contributed by atoms with Crippen LogP contribution in [0.2, 0.25) is 0 Å². The fraction of sp³-hybridized carbons (Fsp3) is 0.588. The maximum atomic E-state index is 12.5. The van der Waals surface area contributed by atoms with Gasteiger partial charge in [0.05, 0.1) is 12.0 Å². The summed E-state index contributed by atoms with van der Waals surface area (Å²) in [5, 5.41) is 0. The van der Waals surface area contributed by atoms with Gasteiger partial charge in [0, 0.05) is 5.54 Å². The number of hydrogen-bond acceptors (Lipinski definition) is 3. The SMILES string of the molecule is CCOC(=O)C1(c2ccccc2)CC1C(N)(CC)CC. The van der Waals surface area contributed by atoms with Crippen molar-refractivity contribution in [3.63, 3.8) is 0 Å². The van der Waals surface area contributed by atoms with Crippen LogP contribution in [0.1, 0.15) is 45.6 Å². The number of ether oxygens (including phenoxy) is 1. The summed E-state index contributed by atoms with van der Waals surface area (Å²) in [6.45, 7) is 6.46. The maximum absolute atomic E-state index is 12.5. The normalized spacial score (nSPS) is 25.3. The molecule has 1 fully saturated rings. The van der Waals surface area contributed by atoms with Gasteiger partial charge in [-0.15, -0.1) is 0 Å². The first-order valence-electron chi connectivity index (χ1n) is 7.56. The van der Waals surface area contributed by atoms with Gasteiger partial charge in [0.15, 0.2) is 0 Å². The van der Waals surface area contributed by atoms with Gasteiger partial charge in [-0.1, -0.05) is 44.2 Å². The van der Waals surface area contributed by atoms with Crippen LogP contribution >= 0.6 is 0 Å². The van der Waals surface area contributed by atoms with Crippen molar-refractivity contribution < 1.29 is 9.53 Å². The first-order chi connectivity index (χ1) is 9.55. The van der Waals surface area contributed by atoms with Crippen LogP contribution in [-0.2, 0) is 14.9 Å². The molecule has 110 valence electrons. The molecule has 1 saturated carbocycles. The van der Waals surface area contributed by atoms with Gasteiger partial charge in [0.1, 0.15) is 0 Å². The molecule has 1 aliphatic rings. The van der Waals surface area contributed by atoms with Gasteiger partial charge >= 0.3 is 5.97 Å². The van der Waals surface area contributed by atoms with E-state index in [4.69, 9.17) is 10.5 Å². The van der Waals surface area contributed by atoms with Crippen molar-refractivity contribution in [3.05, 3.63) is 35.9 Å². The lowest BCUT2D eigenvalue weighted by atomic mass is 9.81. The van der Waals surface area contributed by atoms with Crippen molar-refractivity contribution in [1.29, 1.82) is 0 Å². The molecule has 1 aliphatic carbocycles. The smallest absolute Gasteiger partial charge is 0.316 e. The van der Waals surface area contributed by atoms with Crippen LogP contribution in [0.3, 0.4) is 0 Å². The van der Waals surface area contributed by atoms with E-state index in [-0.39, 0.29) is 17.4 Å². The van der Waals surface area contributed by atoms with Crippen molar-refractivity contribution in [2.45, 2.75) is 51.0 Å². The van der Waals surface area contributed by atoms with Crippen molar-refractivity contribution in [3.8, 4) is 0 Å². The average Bonchev–Trinajstić information content (AvgIpc) is 3.25. The molecule has 1 aromatic carbocycles. The minimum Gasteiger partial charge on any atom is -0.465 e. The van der Waals surface area contributed by atoms with Gasteiger partial charge in [-0.25, -0.2) is 0 Å². The van der Waals surface area contributed by atoms with E-state index in [9.17, 15) is 4.79 Å². The van der Waals surface area contributed by atoms with Gasteiger partial charge < -0.3 is 10.5 Å². The molecule has 2 unspecified atom stereocenters. The van der Waals surface area contributed by atoms with Crippen LogP contribution in [0.15, 0.2) is 30.3 Å². The molecule has 0 bridgehead atoms. The number of carbonyl (C=O) groups excluding carboxylic acids is 1. The van der Waals surface area contributed by atoms with E-state index in [1.807, 2.05) is 37.3 Å². The third kappa shape index (κ3) is 2.24. The van der Waals surface area contributed by atoms with Gasteiger partial charge in [-0.3, -0.25) is 4.79 Å². The molecule has 0 heterocycles. The second-order valence-electron chi connectivity index (χ2n) is 5.75. The number of carbonyl (C=O) groups is 1. The Kier molecular flexibility index (Phi) is 4.19. The molecule has 2 rings (SSSR count). The predicted octanol–water partition coefficient (Wildman–Crippen LogP) is 3.02.